The van der Waals surface area contributed by atoms with Gasteiger partial charge in [0, 0.05) is 9.92 Å². The average Bonchev–Trinajstić information content (AvgIpc) is 2.55. The fourth-order valence-electron chi connectivity index (χ4n) is 1.83. The Balaban J connectivity index is 1.96. The number of rotatable bonds is 6. The van der Waals surface area contributed by atoms with Gasteiger partial charge in [-0.3, -0.25) is 4.79 Å². The number of ether oxygens (including phenoxy) is 2. The lowest BCUT2D eigenvalue weighted by Crippen LogP contribution is -2.14. The van der Waals surface area contributed by atoms with Gasteiger partial charge < -0.3 is 14.8 Å². The van der Waals surface area contributed by atoms with Crippen molar-refractivity contribution in [3.8, 4) is 11.5 Å². The summed E-state index contributed by atoms with van der Waals surface area (Å²) in [5, 5.41) is 3.68. The van der Waals surface area contributed by atoms with Gasteiger partial charge >= 0.3 is 0 Å². The molecule has 0 radical (unpaired) electrons. The van der Waals surface area contributed by atoms with Gasteiger partial charge in [0.15, 0.2) is 11.5 Å². The quantitative estimate of drug-likeness (QED) is 0.744. The number of benzene rings is 2. The van der Waals surface area contributed by atoms with Gasteiger partial charge in [0.1, 0.15) is 0 Å². The fraction of sp³-hybridized carbons (Fsp3) is 0.188. The second kappa shape index (κ2) is 8.34. The molecule has 0 fully saturated rings. The lowest BCUT2D eigenvalue weighted by Gasteiger charge is -2.10. The Hall–Kier alpha value is -1.56. The summed E-state index contributed by atoms with van der Waals surface area (Å²) in [7, 11) is 3.15. The van der Waals surface area contributed by atoms with Crippen LogP contribution in [0.3, 0.4) is 0 Å². The van der Waals surface area contributed by atoms with E-state index in [2.05, 4.69) is 5.32 Å². The van der Waals surface area contributed by atoms with Crippen LogP contribution in [-0.4, -0.2) is 25.9 Å². The third-order valence-electron chi connectivity index (χ3n) is 2.93. The Kier molecular flexibility index (Phi) is 6.45. The predicted molar refractivity (Wildman–Crippen MR) is 95.4 cm³/mol. The minimum absolute atomic E-state index is 0.158. The molecular weight excluding hydrogens is 357 g/mol. The van der Waals surface area contributed by atoms with Gasteiger partial charge in [-0.05, 0) is 36.4 Å². The van der Waals surface area contributed by atoms with Crippen molar-refractivity contribution in [1.82, 2.24) is 0 Å². The van der Waals surface area contributed by atoms with Crippen molar-refractivity contribution in [3.63, 3.8) is 0 Å². The number of nitrogens with one attached hydrogen (secondary N) is 1. The fourth-order valence-corrected chi connectivity index (χ4v) is 3.01. The largest absolute Gasteiger partial charge is 0.493 e. The molecule has 2 aromatic carbocycles. The van der Waals surface area contributed by atoms with Crippen molar-refractivity contribution in [1.29, 1.82) is 0 Å². The van der Waals surface area contributed by atoms with E-state index in [0.717, 1.165) is 4.90 Å². The molecular formula is C16H15Cl2NO3S. The van der Waals surface area contributed by atoms with E-state index in [-0.39, 0.29) is 11.7 Å². The van der Waals surface area contributed by atoms with Crippen LogP contribution in [0.25, 0.3) is 0 Å². The van der Waals surface area contributed by atoms with Crippen molar-refractivity contribution >= 4 is 46.6 Å². The first-order valence-electron chi connectivity index (χ1n) is 6.63. The van der Waals surface area contributed by atoms with E-state index >= 15 is 0 Å². The molecule has 0 saturated heterocycles. The molecule has 2 aromatic rings. The highest BCUT2D eigenvalue weighted by atomic mass is 35.5. The van der Waals surface area contributed by atoms with Crippen LogP contribution in [0.5, 0.6) is 11.5 Å². The molecule has 0 heterocycles. The minimum atomic E-state index is -0.158. The first-order valence-corrected chi connectivity index (χ1v) is 8.37. The predicted octanol–water partition coefficient (Wildman–Crippen LogP) is 4.74. The van der Waals surface area contributed by atoms with Gasteiger partial charge in [0.2, 0.25) is 5.91 Å². The summed E-state index contributed by atoms with van der Waals surface area (Å²) >= 11 is 13.2. The maximum absolute atomic E-state index is 12.0. The van der Waals surface area contributed by atoms with Gasteiger partial charge in [-0.15, -0.1) is 11.8 Å². The summed E-state index contributed by atoms with van der Waals surface area (Å²) in [5.74, 6) is 1.36. The second-order valence-electron chi connectivity index (χ2n) is 4.48. The zero-order valence-electron chi connectivity index (χ0n) is 12.6. The first kappa shape index (κ1) is 17.8. The molecule has 0 aliphatic carbocycles. The Bertz CT molecular complexity index is 710. The lowest BCUT2D eigenvalue weighted by atomic mass is 10.3. The molecule has 23 heavy (non-hydrogen) atoms. The number of methoxy groups -OCH3 is 2. The van der Waals surface area contributed by atoms with Crippen LogP contribution in [0.15, 0.2) is 41.3 Å². The van der Waals surface area contributed by atoms with E-state index in [1.807, 2.05) is 12.1 Å². The normalized spacial score (nSPS) is 10.3. The maximum Gasteiger partial charge on any atom is 0.234 e. The summed E-state index contributed by atoms with van der Waals surface area (Å²) in [6, 6.07) is 10.4. The van der Waals surface area contributed by atoms with E-state index in [9.17, 15) is 4.79 Å². The Morgan fingerprint density at radius 2 is 1.83 bits per heavy atom. The summed E-state index contributed by atoms with van der Waals surface area (Å²) in [5.41, 5.74) is 0.536. The summed E-state index contributed by atoms with van der Waals surface area (Å²) in [6.07, 6.45) is 0. The van der Waals surface area contributed by atoms with Crippen LogP contribution < -0.4 is 14.8 Å². The molecule has 0 saturated carbocycles. The van der Waals surface area contributed by atoms with Crippen LogP contribution in [-0.2, 0) is 4.79 Å². The average molecular weight is 372 g/mol. The SMILES string of the molecule is COc1ccc(SCC(=O)Nc2ccc(Cl)cc2Cl)cc1OC. The van der Waals surface area contributed by atoms with Crippen LogP contribution in [0.1, 0.15) is 0 Å². The molecule has 7 heteroatoms. The highest BCUT2D eigenvalue weighted by Gasteiger charge is 2.09. The molecule has 4 nitrogen and oxygen atoms in total. The molecule has 0 unspecified atom stereocenters. The molecule has 0 bridgehead atoms. The highest BCUT2D eigenvalue weighted by molar-refractivity contribution is 8.00. The Labute approximate surface area is 149 Å². The molecule has 0 aromatic heterocycles. The smallest absolute Gasteiger partial charge is 0.234 e. The number of hydrogen-bond donors (Lipinski definition) is 1. The number of amides is 1. The number of thioether (sulfide) groups is 1. The maximum atomic E-state index is 12.0. The summed E-state index contributed by atoms with van der Waals surface area (Å²) in [4.78, 5) is 12.9. The van der Waals surface area contributed by atoms with Crippen LogP contribution in [0, 0.1) is 0 Å². The van der Waals surface area contributed by atoms with Crippen LogP contribution >= 0.6 is 35.0 Å². The van der Waals surface area contributed by atoms with E-state index in [1.54, 1.807) is 38.5 Å². The molecule has 0 atom stereocenters. The van der Waals surface area contributed by atoms with Crippen molar-refractivity contribution in [2.45, 2.75) is 4.90 Å². The van der Waals surface area contributed by atoms with Crippen molar-refractivity contribution in [2.75, 3.05) is 25.3 Å². The zero-order chi connectivity index (χ0) is 16.8. The van der Waals surface area contributed by atoms with E-state index in [0.29, 0.717) is 27.2 Å². The number of carbonyl (C=O) groups is 1. The monoisotopic (exact) mass is 371 g/mol. The van der Waals surface area contributed by atoms with E-state index < -0.39 is 0 Å². The van der Waals surface area contributed by atoms with Gasteiger partial charge in [-0.1, -0.05) is 23.2 Å². The molecule has 122 valence electrons. The van der Waals surface area contributed by atoms with Crippen molar-refractivity contribution in [3.05, 3.63) is 46.4 Å². The number of carbonyl (C=O) groups excluding carboxylic acids is 1. The van der Waals surface area contributed by atoms with Gasteiger partial charge in [0.05, 0.1) is 30.7 Å². The molecule has 1 amide bonds. The number of anilines is 1. The minimum Gasteiger partial charge on any atom is -0.493 e. The lowest BCUT2D eigenvalue weighted by molar-refractivity contribution is -0.113. The molecule has 0 spiro atoms. The van der Waals surface area contributed by atoms with Crippen molar-refractivity contribution in [2.24, 2.45) is 0 Å². The standard InChI is InChI=1S/C16H15Cl2NO3S/c1-21-14-6-4-11(8-15(14)22-2)23-9-16(20)19-13-5-3-10(17)7-12(13)18/h3-8H,9H2,1-2H3,(H,19,20). The summed E-state index contributed by atoms with van der Waals surface area (Å²) < 4.78 is 10.4. The van der Waals surface area contributed by atoms with Gasteiger partial charge in [-0.25, -0.2) is 0 Å². The topological polar surface area (TPSA) is 47.6 Å². The molecule has 0 aliphatic rings. The Morgan fingerprint density at radius 3 is 2.48 bits per heavy atom. The van der Waals surface area contributed by atoms with Crippen molar-refractivity contribution < 1.29 is 14.3 Å². The second-order valence-corrected chi connectivity index (χ2v) is 6.37. The zero-order valence-corrected chi connectivity index (χ0v) is 14.9. The Morgan fingerprint density at radius 1 is 1.09 bits per heavy atom. The van der Waals surface area contributed by atoms with E-state index in [4.69, 9.17) is 32.7 Å². The van der Waals surface area contributed by atoms with E-state index in [1.165, 1.54) is 11.8 Å². The number of halogens is 2. The third kappa shape index (κ3) is 4.96. The van der Waals surface area contributed by atoms with Gasteiger partial charge in [0.25, 0.3) is 0 Å². The first-order chi connectivity index (χ1) is 11.0. The number of hydrogen-bond acceptors (Lipinski definition) is 4. The molecule has 2 rings (SSSR count). The molecule has 1 N–H and O–H groups in total. The highest BCUT2D eigenvalue weighted by Crippen LogP contribution is 2.32. The molecule has 0 aliphatic heterocycles. The third-order valence-corrected chi connectivity index (χ3v) is 4.47. The van der Waals surface area contributed by atoms with Gasteiger partial charge in [-0.2, -0.15) is 0 Å². The van der Waals surface area contributed by atoms with Crippen LogP contribution in [0.2, 0.25) is 10.0 Å². The van der Waals surface area contributed by atoms with Crippen LogP contribution in [0.4, 0.5) is 5.69 Å². The summed E-state index contributed by atoms with van der Waals surface area (Å²) in [6.45, 7) is 0.